The largest absolute Gasteiger partial charge is 0.379 e. The maximum Gasteiger partial charge on any atom is 0.0701 e. The zero-order valence-corrected chi connectivity index (χ0v) is 14.1. The Hall–Kier alpha value is -0.200. The number of nitrogens with zero attached hydrogens (tertiary/aromatic N) is 1. The van der Waals surface area contributed by atoms with Gasteiger partial charge in [-0.25, -0.2) is 0 Å². The molecule has 2 N–H and O–H groups in total. The molecule has 5 heteroatoms. The van der Waals surface area contributed by atoms with Crippen LogP contribution >= 0.6 is 0 Å². The maximum atomic E-state index is 5.55. The number of rotatable bonds is 17. The van der Waals surface area contributed by atoms with Crippen LogP contribution < -0.4 is 5.73 Å². The normalized spacial score (nSPS) is 11.4. The zero-order chi connectivity index (χ0) is 15.6. The number of likely N-dealkylation sites (N-methyl/N-ethyl adjacent to an activating group) is 1. The van der Waals surface area contributed by atoms with Crippen LogP contribution in [0.1, 0.15) is 39.0 Å². The summed E-state index contributed by atoms with van der Waals surface area (Å²) in [6, 6.07) is 0. The highest BCUT2D eigenvalue weighted by atomic mass is 16.5. The van der Waals surface area contributed by atoms with E-state index in [9.17, 15) is 0 Å². The molecule has 0 aromatic carbocycles. The van der Waals surface area contributed by atoms with Gasteiger partial charge in [-0.2, -0.15) is 0 Å². The van der Waals surface area contributed by atoms with E-state index in [-0.39, 0.29) is 0 Å². The second-order valence-corrected chi connectivity index (χ2v) is 5.34. The molecule has 0 aliphatic heterocycles. The molecule has 0 amide bonds. The molecule has 0 heterocycles. The van der Waals surface area contributed by atoms with Gasteiger partial charge in [0.1, 0.15) is 0 Å². The lowest BCUT2D eigenvalue weighted by atomic mass is 10.2. The third-order valence-corrected chi connectivity index (χ3v) is 3.25. The van der Waals surface area contributed by atoms with Crippen molar-refractivity contribution in [1.29, 1.82) is 0 Å². The molecule has 0 saturated heterocycles. The maximum absolute atomic E-state index is 5.55. The first-order valence-electron chi connectivity index (χ1n) is 8.43. The molecule has 0 radical (unpaired) electrons. The van der Waals surface area contributed by atoms with Crippen molar-refractivity contribution < 1.29 is 14.2 Å². The summed E-state index contributed by atoms with van der Waals surface area (Å²) in [7, 11) is 2.13. The van der Waals surface area contributed by atoms with Crippen LogP contribution in [0.5, 0.6) is 0 Å². The van der Waals surface area contributed by atoms with Crippen molar-refractivity contribution >= 4 is 0 Å². The molecule has 0 rings (SSSR count). The van der Waals surface area contributed by atoms with Gasteiger partial charge in [0.25, 0.3) is 0 Å². The van der Waals surface area contributed by atoms with Crippen LogP contribution in [-0.4, -0.2) is 71.2 Å². The average Bonchev–Trinajstić information content (AvgIpc) is 2.49. The molecule has 128 valence electrons. The number of ether oxygens (including phenoxy) is 3. The highest BCUT2D eigenvalue weighted by Crippen LogP contribution is 1.96. The Balaban J connectivity index is 3.07. The fraction of sp³-hybridized carbons (Fsp3) is 1.00. The van der Waals surface area contributed by atoms with Gasteiger partial charge in [-0.3, -0.25) is 0 Å². The standard InChI is InChI=1S/C16H36N2O3/c1-3-4-11-19-13-15-21-16-14-20-12-10-18(2)9-7-5-6-8-17/h3-17H2,1-2H3. The van der Waals surface area contributed by atoms with Gasteiger partial charge in [0, 0.05) is 13.2 Å². The molecule has 0 aliphatic carbocycles. The molecule has 21 heavy (non-hydrogen) atoms. The van der Waals surface area contributed by atoms with E-state index in [1.165, 1.54) is 19.3 Å². The summed E-state index contributed by atoms with van der Waals surface area (Å²) in [5.74, 6) is 0. The van der Waals surface area contributed by atoms with Crippen molar-refractivity contribution in [3.05, 3.63) is 0 Å². The lowest BCUT2D eigenvalue weighted by Gasteiger charge is -2.16. The number of unbranched alkanes of at least 4 members (excludes halogenated alkanes) is 3. The molecular formula is C16H36N2O3. The minimum absolute atomic E-state index is 0.650. The van der Waals surface area contributed by atoms with Gasteiger partial charge < -0.3 is 24.8 Å². The van der Waals surface area contributed by atoms with Crippen LogP contribution in [0.25, 0.3) is 0 Å². The van der Waals surface area contributed by atoms with Crippen LogP contribution in [0.3, 0.4) is 0 Å². The quantitative estimate of drug-likeness (QED) is 0.416. The summed E-state index contributed by atoms with van der Waals surface area (Å²) >= 11 is 0. The molecule has 5 nitrogen and oxygen atoms in total. The number of hydrogen-bond acceptors (Lipinski definition) is 5. The summed E-state index contributed by atoms with van der Waals surface area (Å²) in [5.41, 5.74) is 5.47. The van der Waals surface area contributed by atoms with E-state index in [0.29, 0.717) is 26.4 Å². The Bertz CT molecular complexity index is 194. The Morgan fingerprint density at radius 2 is 1.33 bits per heavy atom. The first-order chi connectivity index (χ1) is 10.3. The fourth-order valence-corrected chi connectivity index (χ4v) is 1.82. The molecule has 0 spiro atoms. The smallest absolute Gasteiger partial charge is 0.0701 e. The van der Waals surface area contributed by atoms with Crippen LogP contribution in [0, 0.1) is 0 Å². The first-order valence-corrected chi connectivity index (χ1v) is 8.43. The molecule has 0 unspecified atom stereocenters. The molecule has 0 atom stereocenters. The zero-order valence-electron chi connectivity index (χ0n) is 14.1. The molecule has 0 aromatic rings. The molecule has 0 aliphatic rings. The van der Waals surface area contributed by atoms with Crippen molar-refractivity contribution in [3.8, 4) is 0 Å². The molecular weight excluding hydrogens is 268 g/mol. The minimum Gasteiger partial charge on any atom is -0.379 e. The van der Waals surface area contributed by atoms with E-state index >= 15 is 0 Å². The average molecular weight is 304 g/mol. The fourth-order valence-electron chi connectivity index (χ4n) is 1.82. The highest BCUT2D eigenvalue weighted by molar-refractivity contribution is 4.52. The van der Waals surface area contributed by atoms with Gasteiger partial charge in [0.05, 0.1) is 33.0 Å². The minimum atomic E-state index is 0.650. The Labute approximate surface area is 131 Å². The molecule has 0 aromatic heterocycles. The predicted molar refractivity (Wildman–Crippen MR) is 87.8 cm³/mol. The summed E-state index contributed by atoms with van der Waals surface area (Å²) in [5, 5.41) is 0. The third kappa shape index (κ3) is 17.7. The topological polar surface area (TPSA) is 57.0 Å². The van der Waals surface area contributed by atoms with Gasteiger partial charge in [0.2, 0.25) is 0 Å². The summed E-state index contributed by atoms with van der Waals surface area (Å²) in [6.07, 6.45) is 5.87. The molecule has 0 fully saturated rings. The third-order valence-electron chi connectivity index (χ3n) is 3.25. The van der Waals surface area contributed by atoms with E-state index in [2.05, 4.69) is 18.9 Å². The second-order valence-electron chi connectivity index (χ2n) is 5.34. The van der Waals surface area contributed by atoms with Gasteiger partial charge in [-0.05, 0) is 39.4 Å². The van der Waals surface area contributed by atoms with E-state index in [1.807, 2.05) is 0 Å². The number of nitrogens with two attached hydrogens (primary N) is 1. The Morgan fingerprint density at radius 3 is 1.95 bits per heavy atom. The Morgan fingerprint density at radius 1 is 0.714 bits per heavy atom. The van der Waals surface area contributed by atoms with Crippen molar-refractivity contribution in [2.24, 2.45) is 5.73 Å². The van der Waals surface area contributed by atoms with Crippen LogP contribution in [-0.2, 0) is 14.2 Å². The van der Waals surface area contributed by atoms with Crippen molar-refractivity contribution in [2.45, 2.75) is 39.0 Å². The van der Waals surface area contributed by atoms with Gasteiger partial charge in [-0.1, -0.05) is 19.8 Å². The first kappa shape index (κ1) is 20.8. The summed E-state index contributed by atoms with van der Waals surface area (Å²) in [4.78, 5) is 2.30. The van der Waals surface area contributed by atoms with E-state index < -0.39 is 0 Å². The van der Waals surface area contributed by atoms with E-state index in [1.54, 1.807) is 0 Å². The van der Waals surface area contributed by atoms with Crippen LogP contribution in [0.4, 0.5) is 0 Å². The highest BCUT2D eigenvalue weighted by Gasteiger charge is 1.98. The van der Waals surface area contributed by atoms with Crippen molar-refractivity contribution in [3.63, 3.8) is 0 Å². The lowest BCUT2D eigenvalue weighted by molar-refractivity contribution is 0.0111. The molecule has 0 bridgehead atoms. The van der Waals surface area contributed by atoms with E-state index in [4.69, 9.17) is 19.9 Å². The van der Waals surface area contributed by atoms with Crippen LogP contribution in [0.15, 0.2) is 0 Å². The van der Waals surface area contributed by atoms with Gasteiger partial charge in [0.15, 0.2) is 0 Å². The monoisotopic (exact) mass is 304 g/mol. The van der Waals surface area contributed by atoms with E-state index in [0.717, 1.165) is 45.7 Å². The van der Waals surface area contributed by atoms with Gasteiger partial charge >= 0.3 is 0 Å². The second kappa shape index (κ2) is 17.9. The van der Waals surface area contributed by atoms with Crippen molar-refractivity contribution in [2.75, 3.05) is 66.3 Å². The number of hydrogen-bond donors (Lipinski definition) is 1. The lowest BCUT2D eigenvalue weighted by Crippen LogP contribution is -2.25. The SMILES string of the molecule is CCCCOCCOCCOCCN(C)CCCCCN. The summed E-state index contributed by atoms with van der Waals surface area (Å²) in [6.45, 7) is 9.33. The van der Waals surface area contributed by atoms with Crippen LogP contribution in [0.2, 0.25) is 0 Å². The molecule has 0 saturated carbocycles. The van der Waals surface area contributed by atoms with Gasteiger partial charge in [-0.15, -0.1) is 0 Å². The van der Waals surface area contributed by atoms with Crippen molar-refractivity contribution in [1.82, 2.24) is 4.90 Å². The summed E-state index contributed by atoms with van der Waals surface area (Å²) < 4.78 is 16.4. The predicted octanol–water partition coefficient (Wildman–Crippen LogP) is 1.90. The Kier molecular flexibility index (Phi) is 17.7.